The van der Waals surface area contributed by atoms with Crippen molar-refractivity contribution in [2.45, 2.75) is 25.7 Å². The van der Waals surface area contributed by atoms with E-state index in [1.807, 2.05) is 25.1 Å². The Labute approximate surface area is 118 Å². The minimum absolute atomic E-state index is 0.0366. The number of amides is 1. The standard InChI is InChI=1S/C14H22N2O4/c1-9(16-7-12(17)14(15)18)10-4-5-13(20-3)11(6-10)8-19-2/h4-6,9,12,16-17H,7-8H2,1-3H3,(H2,15,18). The molecule has 4 N–H and O–H groups in total. The first-order valence-corrected chi connectivity index (χ1v) is 6.36. The summed E-state index contributed by atoms with van der Waals surface area (Å²) >= 11 is 0. The molecule has 1 rings (SSSR count). The van der Waals surface area contributed by atoms with Crippen molar-refractivity contribution in [3.05, 3.63) is 29.3 Å². The monoisotopic (exact) mass is 282 g/mol. The molecule has 6 nitrogen and oxygen atoms in total. The molecule has 2 atom stereocenters. The summed E-state index contributed by atoms with van der Waals surface area (Å²) in [6.07, 6.45) is -1.19. The molecule has 0 bridgehead atoms. The summed E-state index contributed by atoms with van der Waals surface area (Å²) in [5, 5.41) is 12.4. The Morgan fingerprint density at radius 3 is 2.70 bits per heavy atom. The van der Waals surface area contributed by atoms with Crippen molar-refractivity contribution in [1.82, 2.24) is 5.32 Å². The fourth-order valence-corrected chi connectivity index (χ4v) is 1.84. The van der Waals surface area contributed by atoms with Gasteiger partial charge in [-0.25, -0.2) is 0 Å². The van der Waals surface area contributed by atoms with E-state index in [2.05, 4.69) is 5.32 Å². The summed E-state index contributed by atoms with van der Waals surface area (Å²) in [6.45, 7) is 2.50. The fourth-order valence-electron chi connectivity index (χ4n) is 1.84. The number of carbonyl (C=O) groups is 1. The van der Waals surface area contributed by atoms with Crippen molar-refractivity contribution in [1.29, 1.82) is 0 Å². The van der Waals surface area contributed by atoms with E-state index in [9.17, 15) is 9.90 Å². The molecule has 1 aromatic carbocycles. The van der Waals surface area contributed by atoms with Crippen molar-refractivity contribution in [3.8, 4) is 5.75 Å². The molecule has 0 radical (unpaired) electrons. The Morgan fingerprint density at radius 2 is 2.15 bits per heavy atom. The zero-order chi connectivity index (χ0) is 15.1. The van der Waals surface area contributed by atoms with E-state index in [1.165, 1.54) is 0 Å². The van der Waals surface area contributed by atoms with E-state index in [1.54, 1.807) is 14.2 Å². The van der Waals surface area contributed by atoms with Gasteiger partial charge in [-0.2, -0.15) is 0 Å². The molecular formula is C14H22N2O4. The van der Waals surface area contributed by atoms with Gasteiger partial charge < -0.3 is 25.6 Å². The molecule has 0 spiro atoms. The Morgan fingerprint density at radius 1 is 1.45 bits per heavy atom. The molecule has 0 aliphatic rings. The van der Waals surface area contributed by atoms with E-state index in [-0.39, 0.29) is 12.6 Å². The van der Waals surface area contributed by atoms with Crippen LogP contribution >= 0.6 is 0 Å². The normalized spacial score (nSPS) is 13.8. The van der Waals surface area contributed by atoms with Gasteiger partial charge in [-0.15, -0.1) is 0 Å². The fraction of sp³-hybridized carbons (Fsp3) is 0.500. The number of primary amides is 1. The molecule has 6 heteroatoms. The molecular weight excluding hydrogens is 260 g/mol. The number of carbonyl (C=O) groups excluding carboxylic acids is 1. The molecule has 0 saturated carbocycles. The number of methoxy groups -OCH3 is 2. The SMILES string of the molecule is COCc1cc(C(C)NCC(O)C(N)=O)ccc1OC. The van der Waals surface area contributed by atoms with Crippen LogP contribution in [0.2, 0.25) is 0 Å². The van der Waals surface area contributed by atoms with Gasteiger partial charge >= 0.3 is 0 Å². The van der Waals surface area contributed by atoms with Crippen LogP contribution in [0.15, 0.2) is 18.2 Å². The Kier molecular flexibility index (Phi) is 6.44. The van der Waals surface area contributed by atoms with Crippen molar-refractivity contribution in [2.24, 2.45) is 5.73 Å². The van der Waals surface area contributed by atoms with Crippen LogP contribution in [-0.2, 0) is 16.1 Å². The lowest BCUT2D eigenvalue weighted by molar-refractivity contribution is -0.125. The molecule has 1 aromatic rings. The minimum atomic E-state index is -1.19. The lowest BCUT2D eigenvalue weighted by Gasteiger charge is -2.18. The molecule has 20 heavy (non-hydrogen) atoms. The van der Waals surface area contributed by atoms with Gasteiger partial charge in [0.05, 0.1) is 13.7 Å². The second kappa shape index (κ2) is 7.84. The molecule has 2 unspecified atom stereocenters. The summed E-state index contributed by atoms with van der Waals surface area (Å²) in [5.74, 6) is 0.0273. The highest BCUT2D eigenvalue weighted by Gasteiger charge is 2.14. The zero-order valence-electron chi connectivity index (χ0n) is 12.1. The summed E-state index contributed by atoms with van der Waals surface area (Å²) in [7, 11) is 3.23. The second-order valence-corrected chi connectivity index (χ2v) is 4.55. The number of hydrogen-bond donors (Lipinski definition) is 3. The highest BCUT2D eigenvalue weighted by molar-refractivity contribution is 5.78. The first kappa shape index (κ1) is 16.4. The van der Waals surface area contributed by atoms with E-state index < -0.39 is 12.0 Å². The quantitative estimate of drug-likeness (QED) is 0.639. The van der Waals surface area contributed by atoms with Crippen LogP contribution in [0.3, 0.4) is 0 Å². The highest BCUT2D eigenvalue weighted by Crippen LogP contribution is 2.23. The van der Waals surface area contributed by atoms with Gasteiger partial charge in [-0.05, 0) is 24.6 Å². The van der Waals surface area contributed by atoms with Gasteiger partial charge in [0, 0.05) is 25.3 Å². The number of aliphatic hydroxyl groups excluding tert-OH is 1. The summed E-state index contributed by atoms with van der Waals surface area (Å²) in [6, 6.07) is 5.72. The Balaban J connectivity index is 2.75. The van der Waals surface area contributed by atoms with E-state index in [0.29, 0.717) is 6.61 Å². The smallest absolute Gasteiger partial charge is 0.247 e. The number of benzene rings is 1. The number of nitrogens with one attached hydrogen (secondary N) is 1. The predicted molar refractivity (Wildman–Crippen MR) is 75.3 cm³/mol. The van der Waals surface area contributed by atoms with Crippen LogP contribution in [0, 0.1) is 0 Å². The number of hydrogen-bond acceptors (Lipinski definition) is 5. The third-order valence-electron chi connectivity index (χ3n) is 3.05. The van der Waals surface area contributed by atoms with Gasteiger partial charge in [0.15, 0.2) is 0 Å². The second-order valence-electron chi connectivity index (χ2n) is 4.55. The largest absolute Gasteiger partial charge is 0.496 e. The van der Waals surface area contributed by atoms with Crippen LogP contribution in [0.25, 0.3) is 0 Å². The number of nitrogens with two attached hydrogens (primary N) is 1. The molecule has 112 valence electrons. The zero-order valence-corrected chi connectivity index (χ0v) is 12.1. The molecule has 0 aliphatic carbocycles. The van der Waals surface area contributed by atoms with Crippen LogP contribution in [0.5, 0.6) is 5.75 Å². The number of rotatable bonds is 8. The van der Waals surface area contributed by atoms with Gasteiger partial charge in [0.2, 0.25) is 5.91 Å². The maximum Gasteiger partial charge on any atom is 0.247 e. The van der Waals surface area contributed by atoms with Crippen molar-refractivity contribution in [2.75, 3.05) is 20.8 Å². The maximum absolute atomic E-state index is 10.8. The van der Waals surface area contributed by atoms with Crippen LogP contribution in [-0.4, -0.2) is 37.9 Å². The topological polar surface area (TPSA) is 93.8 Å². The molecule has 0 saturated heterocycles. The van der Waals surface area contributed by atoms with Gasteiger partial charge in [0.25, 0.3) is 0 Å². The Hall–Kier alpha value is -1.63. The van der Waals surface area contributed by atoms with Crippen LogP contribution in [0.1, 0.15) is 24.1 Å². The van der Waals surface area contributed by atoms with Gasteiger partial charge in [0.1, 0.15) is 11.9 Å². The minimum Gasteiger partial charge on any atom is -0.496 e. The molecule has 0 fully saturated rings. The predicted octanol–water partition coefficient (Wildman–Crippen LogP) is 0.338. The van der Waals surface area contributed by atoms with Gasteiger partial charge in [-0.1, -0.05) is 6.07 Å². The molecule has 0 aromatic heterocycles. The highest BCUT2D eigenvalue weighted by atomic mass is 16.5. The average molecular weight is 282 g/mol. The van der Waals surface area contributed by atoms with E-state index in [4.69, 9.17) is 15.2 Å². The summed E-state index contributed by atoms with van der Waals surface area (Å²) in [4.78, 5) is 10.8. The van der Waals surface area contributed by atoms with E-state index in [0.717, 1.165) is 16.9 Å². The third kappa shape index (κ3) is 4.48. The number of aliphatic hydroxyl groups is 1. The lowest BCUT2D eigenvalue weighted by Crippen LogP contribution is -2.38. The molecule has 0 heterocycles. The molecule has 0 aliphatic heterocycles. The first-order valence-electron chi connectivity index (χ1n) is 6.36. The average Bonchev–Trinajstić information content (AvgIpc) is 2.44. The van der Waals surface area contributed by atoms with Crippen molar-refractivity contribution in [3.63, 3.8) is 0 Å². The number of ether oxygens (including phenoxy) is 2. The van der Waals surface area contributed by atoms with Crippen LogP contribution < -0.4 is 15.8 Å². The maximum atomic E-state index is 10.8. The summed E-state index contributed by atoms with van der Waals surface area (Å²) in [5.41, 5.74) is 6.95. The van der Waals surface area contributed by atoms with Crippen LogP contribution in [0.4, 0.5) is 0 Å². The summed E-state index contributed by atoms with van der Waals surface area (Å²) < 4.78 is 10.4. The lowest BCUT2D eigenvalue weighted by atomic mass is 10.0. The van der Waals surface area contributed by atoms with E-state index >= 15 is 0 Å². The van der Waals surface area contributed by atoms with Crippen molar-refractivity contribution < 1.29 is 19.4 Å². The Bertz CT molecular complexity index is 451. The van der Waals surface area contributed by atoms with Crippen molar-refractivity contribution >= 4 is 5.91 Å². The molecule has 1 amide bonds. The third-order valence-corrected chi connectivity index (χ3v) is 3.05. The first-order chi connectivity index (χ1) is 9.49. The van der Waals surface area contributed by atoms with Gasteiger partial charge in [-0.3, -0.25) is 4.79 Å².